The lowest BCUT2D eigenvalue weighted by Crippen LogP contribution is -2.54. The second-order valence-corrected chi connectivity index (χ2v) is 34.8. The molecule has 0 aliphatic heterocycles. The molecular weight excluding hydrogens is 1980 g/mol. The predicted molar refractivity (Wildman–Crippen MR) is 476 cm³/mol. The smallest absolute Gasteiger partial charge is 0.295 e. The molecule has 8 aromatic rings. The lowest BCUT2D eigenvalue weighted by atomic mass is 10.1. The fraction of sp³-hybridized carbons (Fsp3) is 0.114. The number of aryl methyl sites for hydroxylation is 2. The first kappa shape index (κ1) is 94.0. The Morgan fingerprint density at radius 1 is 0.387 bits per heavy atom. The summed E-state index contributed by atoms with van der Waals surface area (Å²) in [4.78, 5) is 51.2. The average molecular weight is 2040 g/mol. The topological polar surface area (TPSA) is 569 Å². The molecule has 0 aliphatic carbocycles. The van der Waals surface area contributed by atoms with Gasteiger partial charge in [-0.3, -0.25) is 59.1 Å². The SMILES string of the molecule is Cc1ccc(NC(C(=O)N/N=C/c2cc(Br)c(O)c(Br)c2O)C(=O)NNC(=S)Nc2ccc(/C=C/c3ccc(NC(=S)NCCOCCNC(=S)Nc4ccc(/C=C/c5ccc(NC(=S)NNC(=O)C(Nc6ccc(C)cc6)C(=O)N/N=C/c6cc(Br)c(O)c(Br)c6O)cc5S(=O)(=O)O)c(S(=O)(=O)O)c4)cc3S(=O)(=O)O)c(S(=O)(=O)O)c2)cc1. The van der Waals surface area contributed by atoms with Gasteiger partial charge >= 0.3 is 0 Å². The molecule has 0 saturated carbocycles. The van der Waals surface area contributed by atoms with Gasteiger partial charge in [-0.2, -0.15) is 43.9 Å². The summed E-state index contributed by atoms with van der Waals surface area (Å²) in [5.41, 5.74) is 15.7. The number of thiocarbonyl (C=S) groups is 4. The van der Waals surface area contributed by atoms with Crippen LogP contribution in [0, 0.1) is 13.8 Å². The van der Waals surface area contributed by atoms with E-state index in [1.807, 2.05) is 13.8 Å². The second-order valence-electron chi connectivity index (χ2n) is 24.4. The summed E-state index contributed by atoms with van der Waals surface area (Å²) in [5.74, 6) is -5.38. The van der Waals surface area contributed by atoms with Crippen LogP contribution in [0.25, 0.3) is 24.3 Å². The lowest BCUT2D eigenvalue weighted by Gasteiger charge is -2.19. The number of nitrogens with zero attached hydrogens (tertiary/aromatic N) is 2. The first-order valence-electron chi connectivity index (χ1n) is 33.3. The molecule has 37 nitrogen and oxygen atoms in total. The maximum Gasteiger partial charge on any atom is 0.295 e. The largest absolute Gasteiger partial charge is 0.506 e. The minimum atomic E-state index is -5.03. The van der Waals surface area contributed by atoms with Crippen molar-refractivity contribution in [3.05, 3.63) is 196 Å². The molecule has 0 aromatic heterocycles. The van der Waals surface area contributed by atoms with Crippen molar-refractivity contribution in [2.75, 3.05) is 58.2 Å². The van der Waals surface area contributed by atoms with Crippen LogP contribution in [-0.2, 0) is 64.4 Å². The van der Waals surface area contributed by atoms with Gasteiger partial charge in [0.15, 0.2) is 32.5 Å². The van der Waals surface area contributed by atoms with E-state index < -0.39 is 107 Å². The number of carbonyl (C=O) groups is 4. The van der Waals surface area contributed by atoms with Gasteiger partial charge in [0.25, 0.3) is 64.1 Å². The third-order valence-electron chi connectivity index (χ3n) is 15.7. The molecule has 0 fully saturated rings. The first-order chi connectivity index (χ1) is 55.9. The molecule has 49 heteroatoms. The summed E-state index contributed by atoms with van der Waals surface area (Å²) in [7, 11) is -20.0. The molecule has 8 aromatic carbocycles. The molecule has 22 N–H and O–H groups in total. The molecule has 0 bridgehead atoms. The van der Waals surface area contributed by atoms with Crippen LogP contribution in [0.5, 0.6) is 23.0 Å². The number of ether oxygens (including phenoxy) is 1. The maximum atomic E-state index is 13.5. The van der Waals surface area contributed by atoms with Crippen molar-refractivity contribution >= 4 is 268 Å². The highest BCUT2D eigenvalue weighted by Crippen LogP contribution is 2.42. The van der Waals surface area contributed by atoms with E-state index in [9.17, 15) is 91.5 Å². The number of nitrogens with one attached hydrogen (secondary N) is 14. The van der Waals surface area contributed by atoms with E-state index in [4.69, 9.17) is 53.6 Å². The Kier molecular flexibility index (Phi) is 33.2. The second kappa shape index (κ2) is 42.0. The molecule has 0 heterocycles. The van der Waals surface area contributed by atoms with Gasteiger partial charge in [0, 0.05) is 58.3 Å². The van der Waals surface area contributed by atoms with Crippen LogP contribution in [0.4, 0.5) is 34.1 Å². The number of anilines is 6. The predicted octanol–water partition coefficient (Wildman–Crippen LogP) is 8.69. The molecule has 2 unspecified atom stereocenters. The number of rotatable bonds is 30. The van der Waals surface area contributed by atoms with E-state index in [-0.39, 0.29) is 132 Å². The number of amides is 4. The summed E-state index contributed by atoms with van der Waals surface area (Å²) >= 11 is 33.7. The number of hydrazine groups is 2. The number of aromatic hydroxyl groups is 4. The summed E-state index contributed by atoms with van der Waals surface area (Å²) in [6.07, 6.45) is 6.66. The van der Waals surface area contributed by atoms with Crippen LogP contribution in [-0.4, -0.2) is 167 Å². The summed E-state index contributed by atoms with van der Waals surface area (Å²) in [6, 6.07) is 26.8. The zero-order chi connectivity index (χ0) is 87.4. The van der Waals surface area contributed by atoms with Crippen molar-refractivity contribution in [1.29, 1.82) is 0 Å². The van der Waals surface area contributed by atoms with Crippen molar-refractivity contribution in [3.63, 3.8) is 0 Å². The Bertz CT molecular complexity index is 5570. The van der Waals surface area contributed by atoms with Gasteiger partial charge < -0.3 is 67.7 Å². The number of hydrogen-bond acceptors (Lipinski definition) is 25. The number of phenolic OH excluding ortho intramolecular Hbond substituents is 4. The minimum Gasteiger partial charge on any atom is -0.506 e. The Morgan fingerprint density at radius 3 is 0.950 bits per heavy atom. The van der Waals surface area contributed by atoms with Crippen LogP contribution in [0.1, 0.15) is 44.5 Å². The van der Waals surface area contributed by atoms with E-state index in [1.54, 1.807) is 48.5 Å². The normalized spacial score (nSPS) is 12.3. The number of phenols is 4. The number of hydrazone groups is 2. The number of halogens is 4. The zero-order valence-corrected chi connectivity index (χ0v) is 73.6. The molecule has 628 valence electrons. The van der Waals surface area contributed by atoms with Crippen LogP contribution in [0.2, 0.25) is 0 Å². The molecule has 2 atom stereocenters. The van der Waals surface area contributed by atoms with Crippen molar-refractivity contribution in [2.24, 2.45) is 10.2 Å². The van der Waals surface area contributed by atoms with Crippen molar-refractivity contribution in [1.82, 2.24) is 43.2 Å². The van der Waals surface area contributed by atoms with Crippen LogP contribution in [0.3, 0.4) is 0 Å². The highest BCUT2D eigenvalue weighted by atomic mass is 79.9. The number of carbonyl (C=O) groups excluding carboxylic acids is 4. The minimum absolute atomic E-state index is 0.0138. The van der Waals surface area contributed by atoms with Gasteiger partial charge in [-0.1, -0.05) is 84.0 Å². The fourth-order valence-corrected chi connectivity index (χ4v) is 15.8. The quantitative estimate of drug-likeness (QED) is 0.00380. The monoisotopic (exact) mass is 2040 g/mol. The van der Waals surface area contributed by atoms with Crippen LogP contribution in [0.15, 0.2) is 181 Å². The Labute approximate surface area is 733 Å². The van der Waals surface area contributed by atoms with E-state index in [2.05, 4.69) is 149 Å². The molecular formula is C70H66Br4N16O21S8. The standard InChI is InChI=1S/C70H66Br4N16O21S8/c1-35-3-15-43(16-4-35)79-57(63(95)85-77-33-41-27-49(71)61(93)55(73)59(41)91)65(97)87-89-69(114)83-47-21-13-39(53(31-47)118(105,106)107)9-7-37-11-19-45(29-51(37)116(99,100)101)81-67(112)75-23-25-111-26-24-76-68(113)82-46-20-12-38(52(30-46)117(102,103)104)8-10-40-14-22-48(32-54(40)119(108,109)110)84-70(115)90-88-66(98)58(80-44-17-5-36(2)6-18-44)64(96)86-78-34-42-28-50(72)62(94)56(74)60(42)92/h3-22,27-34,57-58,79-80,91-94H,23-26H2,1-2H3,(H,85,95)(H,86,96)(H,87,97)(H,88,98)(H2,75,81,112)(H2,76,82,113)(H2,83,89,114)(H2,84,90,115)(H,99,100,101)(H,102,103,104)(H,105,106,107)(H,108,109,110)/b9-7+,10-8+,77-33+,78-34+. The third kappa shape index (κ3) is 27.8. The molecule has 0 saturated heterocycles. The highest BCUT2D eigenvalue weighted by Gasteiger charge is 2.30. The molecule has 4 amide bonds. The summed E-state index contributed by atoms with van der Waals surface area (Å²) in [5, 5.41) is 69.9. The van der Waals surface area contributed by atoms with E-state index in [0.717, 1.165) is 72.1 Å². The van der Waals surface area contributed by atoms with Crippen LogP contribution < -0.4 is 75.1 Å². The maximum absolute atomic E-state index is 13.5. The van der Waals surface area contributed by atoms with Gasteiger partial charge in [-0.15, -0.1) is 0 Å². The molecule has 0 aliphatic rings. The summed E-state index contributed by atoms with van der Waals surface area (Å²) in [6.45, 7) is 3.96. The molecule has 8 rings (SSSR count). The fourth-order valence-electron chi connectivity index (χ4n) is 9.91. The first-order valence-corrected chi connectivity index (χ1v) is 43.9. The molecule has 0 spiro atoms. The Morgan fingerprint density at radius 2 is 0.664 bits per heavy atom. The number of hydrogen-bond donors (Lipinski definition) is 22. The average Bonchev–Trinajstić information content (AvgIpc) is 0.807. The lowest BCUT2D eigenvalue weighted by molar-refractivity contribution is -0.132. The van der Waals surface area contributed by atoms with Crippen molar-refractivity contribution in [2.45, 2.75) is 45.5 Å². The van der Waals surface area contributed by atoms with Crippen LogP contribution >= 0.6 is 113 Å². The van der Waals surface area contributed by atoms with Crippen molar-refractivity contribution in [3.8, 4) is 23.0 Å². The molecule has 0 radical (unpaired) electrons. The zero-order valence-electron chi connectivity index (χ0n) is 60.7. The van der Waals surface area contributed by atoms with Gasteiger partial charge in [-0.25, -0.2) is 10.9 Å². The van der Waals surface area contributed by atoms with Gasteiger partial charge in [0.1, 0.15) is 51.5 Å². The number of benzene rings is 8. The Balaban J connectivity index is 0.793. The van der Waals surface area contributed by atoms with E-state index >= 15 is 0 Å². The molecule has 119 heavy (non-hydrogen) atoms. The van der Waals surface area contributed by atoms with Crippen molar-refractivity contribution < 1.29 is 96.2 Å². The summed E-state index contributed by atoms with van der Waals surface area (Å²) < 4.78 is 149. The van der Waals surface area contributed by atoms with Gasteiger partial charge in [0.2, 0.25) is 0 Å². The Hall–Kier alpha value is -10.5. The highest BCUT2D eigenvalue weighted by molar-refractivity contribution is 9.11. The van der Waals surface area contributed by atoms with E-state index in [0.29, 0.717) is 11.4 Å². The van der Waals surface area contributed by atoms with E-state index in [1.165, 1.54) is 60.7 Å². The van der Waals surface area contributed by atoms with Gasteiger partial charge in [0.05, 0.1) is 34.6 Å². The third-order valence-corrected chi connectivity index (χ3v) is 22.9. The van der Waals surface area contributed by atoms with Gasteiger partial charge in [-0.05, 0) is 234 Å².